The second-order valence-corrected chi connectivity index (χ2v) is 5.00. The number of carbonyl (C=O) groups excluding carboxylic acids is 1. The first-order valence-electron chi connectivity index (χ1n) is 6.55. The molecule has 0 aliphatic heterocycles. The predicted octanol–water partition coefficient (Wildman–Crippen LogP) is 2.56. The zero-order chi connectivity index (χ0) is 14.7. The third kappa shape index (κ3) is 2.87. The number of rotatable bonds is 4. The molecule has 106 valence electrons. The Balaban J connectivity index is 2.40. The third-order valence-corrected chi connectivity index (χ3v) is 3.21. The Kier molecular flexibility index (Phi) is 4.17. The van der Waals surface area contributed by atoms with Crippen molar-refractivity contribution in [1.29, 1.82) is 0 Å². The molecule has 0 saturated heterocycles. The smallest absolute Gasteiger partial charge is 0.242 e. The number of hydrogen-bond donors (Lipinski definition) is 2. The Labute approximate surface area is 117 Å². The van der Waals surface area contributed by atoms with Crippen LogP contribution >= 0.6 is 0 Å². The average molecular weight is 275 g/mol. The standard InChI is InChI=1S/C15H18FN3O/c1-9(2)14(15(20)17-3)19-12-6-7-18-13-8-10(16)4-5-11(12)13/h4-9,14H,1-3H3,(H,17,20)(H,18,19). The highest BCUT2D eigenvalue weighted by molar-refractivity contribution is 5.93. The lowest BCUT2D eigenvalue weighted by Crippen LogP contribution is -2.41. The minimum absolute atomic E-state index is 0.0768. The van der Waals surface area contributed by atoms with Crippen molar-refractivity contribution < 1.29 is 9.18 Å². The van der Waals surface area contributed by atoms with E-state index >= 15 is 0 Å². The molecule has 0 radical (unpaired) electrons. The van der Waals surface area contributed by atoms with E-state index in [9.17, 15) is 9.18 Å². The van der Waals surface area contributed by atoms with E-state index < -0.39 is 0 Å². The number of likely N-dealkylation sites (N-methyl/N-ethyl adjacent to an activating group) is 1. The second-order valence-electron chi connectivity index (χ2n) is 5.00. The fraction of sp³-hybridized carbons (Fsp3) is 0.333. The van der Waals surface area contributed by atoms with Crippen LogP contribution in [0.5, 0.6) is 0 Å². The number of carbonyl (C=O) groups is 1. The molecule has 2 aromatic rings. The summed E-state index contributed by atoms with van der Waals surface area (Å²) >= 11 is 0. The van der Waals surface area contributed by atoms with E-state index in [0.29, 0.717) is 5.52 Å². The molecule has 1 atom stereocenters. The number of nitrogens with one attached hydrogen (secondary N) is 2. The van der Waals surface area contributed by atoms with Crippen molar-refractivity contribution in [3.63, 3.8) is 0 Å². The molecule has 1 aromatic carbocycles. The average Bonchev–Trinajstić information content (AvgIpc) is 2.43. The van der Waals surface area contributed by atoms with Gasteiger partial charge in [-0.25, -0.2) is 4.39 Å². The zero-order valence-corrected chi connectivity index (χ0v) is 11.8. The van der Waals surface area contributed by atoms with E-state index in [1.54, 1.807) is 25.4 Å². The van der Waals surface area contributed by atoms with Gasteiger partial charge in [0, 0.05) is 30.4 Å². The van der Waals surface area contributed by atoms with Crippen LogP contribution in [0, 0.1) is 11.7 Å². The Morgan fingerprint density at radius 1 is 1.30 bits per heavy atom. The van der Waals surface area contributed by atoms with Crippen molar-refractivity contribution in [3.8, 4) is 0 Å². The molecule has 0 aliphatic rings. The quantitative estimate of drug-likeness (QED) is 0.901. The van der Waals surface area contributed by atoms with Crippen LogP contribution in [0.3, 0.4) is 0 Å². The maximum atomic E-state index is 13.2. The van der Waals surface area contributed by atoms with Crippen LogP contribution in [-0.2, 0) is 4.79 Å². The Morgan fingerprint density at radius 2 is 2.05 bits per heavy atom. The fourth-order valence-electron chi connectivity index (χ4n) is 2.11. The number of hydrogen-bond acceptors (Lipinski definition) is 3. The lowest BCUT2D eigenvalue weighted by molar-refractivity contribution is -0.122. The number of nitrogens with zero attached hydrogens (tertiary/aromatic N) is 1. The molecule has 2 rings (SSSR count). The van der Waals surface area contributed by atoms with Gasteiger partial charge in [0.15, 0.2) is 0 Å². The lowest BCUT2D eigenvalue weighted by atomic mass is 10.0. The molecule has 5 heteroatoms. The molecule has 1 amide bonds. The van der Waals surface area contributed by atoms with E-state index in [0.717, 1.165) is 11.1 Å². The number of benzene rings is 1. The summed E-state index contributed by atoms with van der Waals surface area (Å²) in [5.74, 6) is -0.278. The van der Waals surface area contributed by atoms with Crippen molar-refractivity contribution in [2.45, 2.75) is 19.9 Å². The van der Waals surface area contributed by atoms with Gasteiger partial charge in [-0.3, -0.25) is 9.78 Å². The van der Waals surface area contributed by atoms with Gasteiger partial charge in [0.1, 0.15) is 11.9 Å². The van der Waals surface area contributed by atoms with Crippen LogP contribution < -0.4 is 10.6 Å². The Hall–Kier alpha value is -2.17. The van der Waals surface area contributed by atoms with Gasteiger partial charge in [-0.15, -0.1) is 0 Å². The van der Waals surface area contributed by atoms with E-state index in [-0.39, 0.29) is 23.7 Å². The SMILES string of the molecule is CNC(=O)C(Nc1ccnc2cc(F)ccc12)C(C)C. The van der Waals surface area contributed by atoms with Gasteiger partial charge in [0.05, 0.1) is 5.52 Å². The minimum Gasteiger partial charge on any atom is -0.373 e. The van der Waals surface area contributed by atoms with Crippen LogP contribution in [0.2, 0.25) is 0 Å². The normalized spacial score (nSPS) is 12.4. The Morgan fingerprint density at radius 3 is 2.70 bits per heavy atom. The summed E-state index contributed by atoms with van der Waals surface area (Å²) in [6.45, 7) is 3.94. The van der Waals surface area contributed by atoms with E-state index in [1.807, 2.05) is 13.8 Å². The van der Waals surface area contributed by atoms with Crippen LogP contribution in [0.15, 0.2) is 30.5 Å². The first kappa shape index (κ1) is 14.2. The largest absolute Gasteiger partial charge is 0.373 e. The molecule has 4 nitrogen and oxygen atoms in total. The number of amides is 1. The number of aromatic nitrogens is 1. The molecule has 0 saturated carbocycles. The van der Waals surface area contributed by atoms with Crippen LogP contribution in [0.25, 0.3) is 10.9 Å². The van der Waals surface area contributed by atoms with Crippen molar-refractivity contribution in [1.82, 2.24) is 10.3 Å². The molecule has 0 fully saturated rings. The summed E-state index contributed by atoms with van der Waals surface area (Å²) in [5, 5.41) is 6.66. The topological polar surface area (TPSA) is 54.0 Å². The van der Waals surface area contributed by atoms with Crippen molar-refractivity contribution in [3.05, 3.63) is 36.3 Å². The first-order valence-corrected chi connectivity index (χ1v) is 6.55. The summed E-state index contributed by atoms with van der Waals surface area (Å²) in [6.07, 6.45) is 1.60. The molecule has 1 aromatic heterocycles. The first-order chi connectivity index (χ1) is 9.52. The molecule has 0 spiro atoms. The second kappa shape index (κ2) is 5.86. The molecular formula is C15H18FN3O. The number of fused-ring (bicyclic) bond motifs is 1. The summed E-state index contributed by atoms with van der Waals surface area (Å²) in [6, 6.07) is 5.87. The van der Waals surface area contributed by atoms with Gasteiger partial charge in [-0.2, -0.15) is 0 Å². The van der Waals surface area contributed by atoms with Crippen molar-refractivity contribution in [2.24, 2.45) is 5.92 Å². The van der Waals surface area contributed by atoms with Gasteiger partial charge < -0.3 is 10.6 Å². The van der Waals surface area contributed by atoms with E-state index in [4.69, 9.17) is 0 Å². The lowest BCUT2D eigenvalue weighted by Gasteiger charge is -2.22. The van der Waals surface area contributed by atoms with E-state index in [2.05, 4.69) is 15.6 Å². The van der Waals surface area contributed by atoms with Crippen LogP contribution in [0.4, 0.5) is 10.1 Å². The molecule has 0 bridgehead atoms. The molecule has 20 heavy (non-hydrogen) atoms. The highest BCUT2D eigenvalue weighted by Gasteiger charge is 2.21. The molecule has 0 aliphatic carbocycles. The molecule has 2 N–H and O–H groups in total. The van der Waals surface area contributed by atoms with Crippen molar-refractivity contribution >= 4 is 22.5 Å². The Bertz CT molecular complexity index is 628. The molecular weight excluding hydrogens is 257 g/mol. The van der Waals surface area contributed by atoms with Crippen LogP contribution in [0.1, 0.15) is 13.8 Å². The summed E-state index contributed by atoms with van der Waals surface area (Å²) in [4.78, 5) is 16.0. The molecule has 1 heterocycles. The van der Waals surface area contributed by atoms with Gasteiger partial charge in [-0.1, -0.05) is 13.8 Å². The van der Waals surface area contributed by atoms with E-state index in [1.165, 1.54) is 12.1 Å². The monoisotopic (exact) mass is 275 g/mol. The zero-order valence-electron chi connectivity index (χ0n) is 11.8. The maximum Gasteiger partial charge on any atom is 0.242 e. The van der Waals surface area contributed by atoms with Crippen molar-refractivity contribution in [2.75, 3.05) is 12.4 Å². The third-order valence-electron chi connectivity index (χ3n) is 3.21. The number of anilines is 1. The number of pyridine rings is 1. The maximum absolute atomic E-state index is 13.2. The van der Waals surface area contributed by atoms with Crippen LogP contribution in [-0.4, -0.2) is 24.0 Å². The van der Waals surface area contributed by atoms with Gasteiger partial charge in [0.25, 0.3) is 0 Å². The van der Waals surface area contributed by atoms with Gasteiger partial charge in [-0.05, 0) is 24.1 Å². The van der Waals surface area contributed by atoms with Gasteiger partial charge in [0.2, 0.25) is 5.91 Å². The minimum atomic E-state index is -0.351. The fourth-order valence-corrected chi connectivity index (χ4v) is 2.11. The highest BCUT2D eigenvalue weighted by atomic mass is 19.1. The highest BCUT2D eigenvalue weighted by Crippen LogP contribution is 2.24. The number of halogens is 1. The summed E-state index contributed by atoms with van der Waals surface area (Å²) in [5.41, 5.74) is 1.34. The summed E-state index contributed by atoms with van der Waals surface area (Å²) in [7, 11) is 1.61. The van der Waals surface area contributed by atoms with Gasteiger partial charge >= 0.3 is 0 Å². The predicted molar refractivity (Wildman–Crippen MR) is 78.0 cm³/mol. The summed E-state index contributed by atoms with van der Waals surface area (Å²) < 4.78 is 13.2. The molecule has 1 unspecified atom stereocenters.